The predicted octanol–water partition coefficient (Wildman–Crippen LogP) is 14.9. The van der Waals surface area contributed by atoms with Crippen molar-refractivity contribution >= 4 is 112 Å². The summed E-state index contributed by atoms with van der Waals surface area (Å²) in [6.45, 7) is 3.10. The molecular formula is C44H25F7I2N2. The summed E-state index contributed by atoms with van der Waals surface area (Å²) < 4.78 is 109. The molecule has 55 heavy (non-hydrogen) atoms. The lowest BCUT2D eigenvalue weighted by atomic mass is 9.92. The molecule has 8 aromatic rings. The Labute approximate surface area is 338 Å². The minimum absolute atomic E-state index is 0.260. The zero-order valence-electron chi connectivity index (χ0n) is 28.8. The SMILES string of the molecule is Cc1ccc2c(c1)c(N(c1ccccc1)c1c(F)c(F)c(F)c(I)c1F)cc1c3ccccc3c(N(c3ccccc3)c3c(F)c(C)c(F)c(I)c3F)cc21. The summed E-state index contributed by atoms with van der Waals surface area (Å²) in [7, 11) is 0. The lowest BCUT2D eigenvalue weighted by Crippen LogP contribution is -2.17. The molecule has 0 bridgehead atoms. The topological polar surface area (TPSA) is 6.48 Å². The summed E-state index contributed by atoms with van der Waals surface area (Å²) in [5.74, 6) is -9.56. The van der Waals surface area contributed by atoms with Gasteiger partial charge in [0, 0.05) is 27.7 Å². The molecule has 0 saturated heterocycles. The van der Waals surface area contributed by atoms with Crippen molar-refractivity contribution in [3.8, 4) is 0 Å². The minimum atomic E-state index is -1.82. The Balaban J connectivity index is 1.54. The Morgan fingerprint density at radius 2 is 0.836 bits per heavy atom. The molecule has 0 fully saturated rings. The van der Waals surface area contributed by atoms with Gasteiger partial charge in [0.25, 0.3) is 0 Å². The normalized spacial score (nSPS) is 11.5. The van der Waals surface area contributed by atoms with Crippen LogP contribution in [0.5, 0.6) is 0 Å². The number of aryl methyl sites for hydroxylation is 1. The fourth-order valence-corrected chi connectivity index (χ4v) is 8.25. The molecule has 0 aliphatic carbocycles. The van der Waals surface area contributed by atoms with E-state index in [1.165, 1.54) is 61.9 Å². The van der Waals surface area contributed by atoms with E-state index in [4.69, 9.17) is 0 Å². The molecule has 0 amide bonds. The first-order valence-electron chi connectivity index (χ1n) is 16.8. The van der Waals surface area contributed by atoms with E-state index in [1.807, 2.05) is 31.2 Å². The zero-order valence-corrected chi connectivity index (χ0v) is 33.1. The molecule has 0 aliphatic rings. The Kier molecular flexibility index (Phi) is 9.64. The van der Waals surface area contributed by atoms with Crippen molar-refractivity contribution in [2.45, 2.75) is 13.8 Å². The first-order chi connectivity index (χ1) is 26.4. The van der Waals surface area contributed by atoms with Crippen molar-refractivity contribution in [2.75, 3.05) is 9.80 Å². The number of anilines is 6. The van der Waals surface area contributed by atoms with Gasteiger partial charge < -0.3 is 9.80 Å². The number of para-hydroxylation sites is 2. The van der Waals surface area contributed by atoms with E-state index >= 15 is 26.3 Å². The van der Waals surface area contributed by atoms with Gasteiger partial charge in [-0.1, -0.05) is 78.4 Å². The highest BCUT2D eigenvalue weighted by Crippen LogP contribution is 2.50. The Morgan fingerprint density at radius 1 is 0.382 bits per heavy atom. The van der Waals surface area contributed by atoms with Gasteiger partial charge >= 0.3 is 0 Å². The van der Waals surface area contributed by atoms with Crippen LogP contribution in [0.25, 0.3) is 32.3 Å². The van der Waals surface area contributed by atoms with E-state index in [2.05, 4.69) is 0 Å². The molecule has 0 unspecified atom stereocenters. The van der Waals surface area contributed by atoms with Crippen LogP contribution >= 0.6 is 45.2 Å². The van der Waals surface area contributed by atoms with Gasteiger partial charge in [-0.25, -0.2) is 30.7 Å². The Morgan fingerprint density at radius 3 is 1.40 bits per heavy atom. The summed E-state index contributed by atoms with van der Waals surface area (Å²) in [5, 5.41) is 3.41. The molecule has 0 aromatic heterocycles. The third-order valence-corrected chi connectivity index (χ3v) is 11.6. The molecule has 0 radical (unpaired) electrons. The molecule has 0 heterocycles. The quantitative estimate of drug-likeness (QED) is 0.0539. The standard InChI is InChI=1S/C44H25F7I2N2/c1-22-17-18-27-30-20-32(54(24-11-5-3-6-12-24)43-35(46)23(2)34(45)41(52)39(43)50)28-16-10-9-15-26(28)29(30)21-33(31(27)19-22)55(25-13-7-4-8-14-25)44-38(49)36(47)37(48)42(53)40(44)51/h3-21H,1-2H3. The number of hydrogen-bond donors (Lipinski definition) is 0. The Hall–Kier alpha value is -4.89. The summed E-state index contributed by atoms with van der Waals surface area (Å²) in [5.41, 5.74) is 0.473. The number of fused-ring (bicyclic) bond motifs is 5. The molecule has 0 atom stereocenters. The molecular weight excluding hydrogens is 943 g/mol. The first kappa shape index (κ1) is 37.1. The smallest absolute Gasteiger partial charge is 0.197 e. The molecule has 274 valence electrons. The van der Waals surface area contributed by atoms with E-state index < -0.39 is 55.7 Å². The van der Waals surface area contributed by atoms with Crippen molar-refractivity contribution in [3.05, 3.63) is 174 Å². The van der Waals surface area contributed by atoms with Crippen LogP contribution in [0.4, 0.5) is 64.9 Å². The first-order valence-corrected chi connectivity index (χ1v) is 19.0. The van der Waals surface area contributed by atoms with Crippen molar-refractivity contribution in [2.24, 2.45) is 0 Å². The highest BCUT2D eigenvalue weighted by molar-refractivity contribution is 14.1. The second-order valence-electron chi connectivity index (χ2n) is 13.0. The molecule has 8 aromatic carbocycles. The summed E-state index contributed by atoms with van der Waals surface area (Å²) in [6.07, 6.45) is 0. The van der Waals surface area contributed by atoms with Gasteiger partial charge in [-0.3, -0.25) is 0 Å². The maximum Gasteiger partial charge on any atom is 0.197 e. The van der Waals surface area contributed by atoms with E-state index in [-0.39, 0.29) is 20.5 Å². The highest BCUT2D eigenvalue weighted by atomic mass is 127. The van der Waals surface area contributed by atoms with Crippen LogP contribution in [0.15, 0.2) is 115 Å². The minimum Gasteiger partial charge on any atom is -0.305 e. The Bertz CT molecular complexity index is 2790. The average Bonchev–Trinajstić information content (AvgIpc) is 3.21. The van der Waals surface area contributed by atoms with Crippen LogP contribution in [-0.2, 0) is 0 Å². The van der Waals surface area contributed by atoms with Gasteiger partial charge in [-0.2, -0.15) is 0 Å². The lowest BCUT2D eigenvalue weighted by molar-refractivity contribution is 0.431. The molecule has 0 spiro atoms. The molecule has 8 rings (SSSR count). The van der Waals surface area contributed by atoms with Crippen LogP contribution in [0.1, 0.15) is 11.1 Å². The number of halogens is 9. The van der Waals surface area contributed by atoms with Gasteiger partial charge in [0.1, 0.15) is 17.2 Å². The largest absolute Gasteiger partial charge is 0.305 e. The maximum absolute atomic E-state index is 16.3. The van der Waals surface area contributed by atoms with E-state index in [0.29, 0.717) is 43.7 Å². The van der Waals surface area contributed by atoms with Crippen molar-refractivity contribution in [1.29, 1.82) is 0 Å². The van der Waals surface area contributed by atoms with Crippen molar-refractivity contribution < 1.29 is 30.7 Å². The number of nitrogens with zero attached hydrogens (tertiary/aromatic N) is 2. The zero-order chi connectivity index (χ0) is 38.9. The van der Waals surface area contributed by atoms with Gasteiger partial charge in [-0.15, -0.1) is 0 Å². The van der Waals surface area contributed by atoms with Gasteiger partial charge in [-0.05, 0) is 123 Å². The van der Waals surface area contributed by atoms with E-state index in [1.54, 1.807) is 91.0 Å². The van der Waals surface area contributed by atoms with Crippen molar-refractivity contribution in [3.63, 3.8) is 0 Å². The van der Waals surface area contributed by atoms with Gasteiger partial charge in [0.05, 0.1) is 18.5 Å². The van der Waals surface area contributed by atoms with Gasteiger partial charge in [0.2, 0.25) is 0 Å². The number of hydrogen-bond acceptors (Lipinski definition) is 2. The van der Waals surface area contributed by atoms with Crippen LogP contribution in [0, 0.1) is 61.7 Å². The third-order valence-electron chi connectivity index (χ3n) is 9.69. The number of benzene rings is 8. The molecule has 0 N–H and O–H groups in total. The fraction of sp³-hybridized carbons (Fsp3) is 0.0455. The van der Waals surface area contributed by atoms with Gasteiger partial charge in [0.15, 0.2) is 34.9 Å². The molecule has 0 aliphatic heterocycles. The fourth-order valence-electron chi connectivity index (χ4n) is 7.10. The average molecular weight is 968 g/mol. The molecule has 0 saturated carbocycles. The van der Waals surface area contributed by atoms with Crippen LogP contribution < -0.4 is 9.80 Å². The lowest BCUT2D eigenvalue weighted by Gasteiger charge is -2.31. The summed E-state index contributed by atoms with van der Waals surface area (Å²) in [4.78, 5) is 2.67. The second-order valence-corrected chi connectivity index (χ2v) is 15.1. The summed E-state index contributed by atoms with van der Waals surface area (Å²) in [6, 6.07) is 33.0. The van der Waals surface area contributed by atoms with E-state index in [9.17, 15) is 4.39 Å². The predicted molar refractivity (Wildman–Crippen MR) is 223 cm³/mol. The maximum atomic E-state index is 16.3. The van der Waals surface area contributed by atoms with Crippen molar-refractivity contribution in [1.82, 2.24) is 0 Å². The number of rotatable bonds is 6. The highest BCUT2D eigenvalue weighted by Gasteiger charge is 2.32. The molecule has 2 nitrogen and oxygen atoms in total. The van der Waals surface area contributed by atoms with Crippen LogP contribution in [0.3, 0.4) is 0 Å². The second kappa shape index (κ2) is 14.3. The monoisotopic (exact) mass is 968 g/mol. The van der Waals surface area contributed by atoms with Crippen LogP contribution in [-0.4, -0.2) is 0 Å². The van der Waals surface area contributed by atoms with E-state index in [0.717, 1.165) is 5.56 Å². The van der Waals surface area contributed by atoms with Crippen LogP contribution in [0.2, 0.25) is 0 Å². The third kappa shape index (κ3) is 5.97. The summed E-state index contributed by atoms with van der Waals surface area (Å²) >= 11 is 2.86. The molecule has 11 heteroatoms.